The predicted octanol–water partition coefficient (Wildman–Crippen LogP) is 4.43. The number of halogens is 2. The second-order valence-corrected chi connectivity index (χ2v) is 6.24. The number of carbonyl (C=O) groups is 1. The summed E-state index contributed by atoms with van der Waals surface area (Å²) in [6.45, 7) is 0.457. The van der Waals surface area contributed by atoms with Gasteiger partial charge in [0, 0.05) is 24.9 Å². The molecule has 4 nitrogen and oxygen atoms in total. The third kappa shape index (κ3) is 4.92. The van der Waals surface area contributed by atoms with Crippen molar-refractivity contribution < 1.29 is 13.6 Å². The first-order chi connectivity index (χ1) is 12.6. The number of aromatic nitrogens is 1. The first kappa shape index (κ1) is 18.1. The van der Waals surface area contributed by atoms with E-state index in [0.717, 1.165) is 11.1 Å². The molecule has 1 amide bonds. The summed E-state index contributed by atoms with van der Waals surface area (Å²) in [4.78, 5) is 16.1. The highest BCUT2D eigenvalue weighted by atomic mass is 35.5. The first-order valence-corrected chi connectivity index (χ1v) is 8.70. The van der Waals surface area contributed by atoms with Crippen LogP contribution in [-0.4, -0.2) is 17.4 Å². The average Bonchev–Trinajstić information content (AvgIpc) is 3.09. The molecule has 0 aliphatic carbocycles. The summed E-state index contributed by atoms with van der Waals surface area (Å²) < 4.78 is 18.8. The van der Waals surface area contributed by atoms with E-state index in [1.807, 2.05) is 24.3 Å². The molecule has 134 valence electrons. The van der Waals surface area contributed by atoms with Crippen molar-refractivity contribution in [3.63, 3.8) is 0 Å². The zero-order chi connectivity index (χ0) is 18.4. The summed E-state index contributed by atoms with van der Waals surface area (Å²) in [6.07, 6.45) is 2.86. The SMILES string of the molecule is O=C(CCc1ncc(-c2ccccc2Cl)o1)NCCc1cccc(F)c1. The lowest BCUT2D eigenvalue weighted by molar-refractivity contribution is -0.121. The Morgan fingerprint density at radius 1 is 1.15 bits per heavy atom. The Balaban J connectivity index is 1.45. The van der Waals surface area contributed by atoms with Crippen LogP contribution in [0.15, 0.2) is 59.1 Å². The van der Waals surface area contributed by atoms with E-state index >= 15 is 0 Å². The Morgan fingerprint density at radius 2 is 2.00 bits per heavy atom. The summed E-state index contributed by atoms with van der Waals surface area (Å²) in [5.74, 6) is 0.697. The molecule has 26 heavy (non-hydrogen) atoms. The molecule has 1 N–H and O–H groups in total. The van der Waals surface area contributed by atoms with Crippen LogP contribution >= 0.6 is 11.6 Å². The van der Waals surface area contributed by atoms with E-state index in [4.69, 9.17) is 16.0 Å². The lowest BCUT2D eigenvalue weighted by Crippen LogP contribution is -2.25. The number of carbonyl (C=O) groups excluding carboxylic acids is 1. The predicted molar refractivity (Wildman–Crippen MR) is 98.4 cm³/mol. The zero-order valence-electron chi connectivity index (χ0n) is 14.0. The number of nitrogens with one attached hydrogen (secondary N) is 1. The topological polar surface area (TPSA) is 55.1 Å². The van der Waals surface area contributed by atoms with Crippen molar-refractivity contribution >= 4 is 17.5 Å². The van der Waals surface area contributed by atoms with Crippen molar-refractivity contribution in [2.45, 2.75) is 19.3 Å². The molecule has 0 aliphatic heterocycles. The standard InChI is InChI=1S/C20H18ClFN2O2/c21-17-7-2-1-6-16(17)18-13-24-20(26-18)9-8-19(25)23-11-10-14-4-3-5-15(22)12-14/h1-7,12-13H,8-11H2,(H,23,25). The van der Waals surface area contributed by atoms with Crippen LogP contribution in [0.3, 0.4) is 0 Å². The molecule has 0 spiro atoms. The van der Waals surface area contributed by atoms with E-state index in [0.29, 0.717) is 36.1 Å². The third-order valence-corrected chi connectivity index (χ3v) is 4.21. The monoisotopic (exact) mass is 372 g/mol. The van der Waals surface area contributed by atoms with Crippen molar-refractivity contribution in [2.75, 3.05) is 6.54 Å². The molecule has 1 aromatic heterocycles. The molecule has 0 aliphatic rings. The van der Waals surface area contributed by atoms with Gasteiger partial charge in [-0.05, 0) is 36.2 Å². The molecule has 1 heterocycles. The van der Waals surface area contributed by atoms with Crippen LogP contribution in [0.2, 0.25) is 5.02 Å². The second kappa shape index (κ2) is 8.63. The minimum atomic E-state index is -0.271. The summed E-state index contributed by atoms with van der Waals surface area (Å²) in [5, 5.41) is 3.40. The molecule has 0 radical (unpaired) electrons. The smallest absolute Gasteiger partial charge is 0.220 e. The average molecular weight is 373 g/mol. The molecule has 0 bridgehead atoms. The minimum Gasteiger partial charge on any atom is -0.441 e. The maximum absolute atomic E-state index is 13.1. The number of rotatable bonds is 7. The molecule has 0 fully saturated rings. The quantitative estimate of drug-likeness (QED) is 0.667. The number of hydrogen-bond acceptors (Lipinski definition) is 3. The van der Waals surface area contributed by atoms with Crippen LogP contribution in [0.1, 0.15) is 17.9 Å². The Hall–Kier alpha value is -2.66. The summed E-state index contributed by atoms with van der Waals surface area (Å²) in [7, 11) is 0. The van der Waals surface area contributed by atoms with Crippen molar-refractivity contribution in [1.82, 2.24) is 10.3 Å². The molecule has 0 saturated heterocycles. The van der Waals surface area contributed by atoms with Gasteiger partial charge in [0.05, 0.1) is 11.2 Å². The zero-order valence-corrected chi connectivity index (χ0v) is 14.8. The van der Waals surface area contributed by atoms with Gasteiger partial charge >= 0.3 is 0 Å². The van der Waals surface area contributed by atoms with Gasteiger partial charge in [0.1, 0.15) is 5.82 Å². The summed E-state index contributed by atoms with van der Waals surface area (Å²) in [5.41, 5.74) is 1.62. The van der Waals surface area contributed by atoms with E-state index in [-0.39, 0.29) is 18.1 Å². The van der Waals surface area contributed by atoms with Crippen molar-refractivity contribution in [3.8, 4) is 11.3 Å². The van der Waals surface area contributed by atoms with Crippen LogP contribution in [0.5, 0.6) is 0 Å². The van der Waals surface area contributed by atoms with E-state index in [1.165, 1.54) is 12.1 Å². The van der Waals surface area contributed by atoms with E-state index in [1.54, 1.807) is 18.3 Å². The Morgan fingerprint density at radius 3 is 2.81 bits per heavy atom. The van der Waals surface area contributed by atoms with Gasteiger partial charge in [-0.1, -0.05) is 35.9 Å². The fourth-order valence-electron chi connectivity index (χ4n) is 2.56. The van der Waals surface area contributed by atoms with Crippen LogP contribution in [-0.2, 0) is 17.6 Å². The molecule has 3 aromatic rings. The molecular weight excluding hydrogens is 355 g/mol. The highest BCUT2D eigenvalue weighted by Gasteiger charge is 2.11. The summed E-state index contributed by atoms with van der Waals surface area (Å²) >= 11 is 6.14. The fourth-order valence-corrected chi connectivity index (χ4v) is 2.79. The highest BCUT2D eigenvalue weighted by molar-refractivity contribution is 6.33. The van der Waals surface area contributed by atoms with Crippen molar-refractivity contribution in [3.05, 3.63) is 77.0 Å². The maximum Gasteiger partial charge on any atom is 0.220 e. The largest absolute Gasteiger partial charge is 0.441 e. The molecule has 6 heteroatoms. The molecule has 0 atom stereocenters. The molecule has 0 saturated carbocycles. The van der Waals surface area contributed by atoms with Crippen LogP contribution < -0.4 is 5.32 Å². The van der Waals surface area contributed by atoms with Crippen LogP contribution in [0.25, 0.3) is 11.3 Å². The molecular formula is C20H18ClFN2O2. The van der Waals surface area contributed by atoms with Gasteiger partial charge in [0.25, 0.3) is 0 Å². The van der Waals surface area contributed by atoms with Gasteiger partial charge in [0.2, 0.25) is 5.91 Å². The highest BCUT2D eigenvalue weighted by Crippen LogP contribution is 2.28. The normalized spacial score (nSPS) is 10.7. The minimum absolute atomic E-state index is 0.0982. The maximum atomic E-state index is 13.1. The van der Waals surface area contributed by atoms with Gasteiger partial charge in [0.15, 0.2) is 11.7 Å². The Bertz CT molecular complexity index is 895. The number of oxazole rings is 1. The van der Waals surface area contributed by atoms with E-state index < -0.39 is 0 Å². The number of aryl methyl sites for hydroxylation is 1. The van der Waals surface area contributed by atoms with Crippen molar-refractivity contribution in [1.29, 1.82) is 0 Å². The summed E-state index contributed by atoms with van der Waals surface area (Å²) in [6, 6.07) is 13.7. The molecule has 2 aromatic carbocycles. The number of benzene rings is 2. The Kier molecular flexibility index (Phi) is 6.02. The third-order valence-electron chi connectivity index (χ3n) is 3.88. The van der Waals surface area contributed by atoms with Gasteiger partial charge in [-0.15, -0.1) is 0 Å². The number of nitrogens with zero attached hydrogens (tertiary/aromatic N) is 1. The first-order valence-electron chi connectivity index (χ1n) is 8.32. The van der Waals surface area contributed by atoms with E-state index in [9.17, 15) is 9.18 Å². The Labute approximate surface area is 156 Å². The number of hydrogen-bond donors (Lipinski definition) is 1. The van der Waals surface area contributed by atoms with Crippen LogP contribution in [0, 0.1) is 5.82 Å². The lowest BCUT2D eigenvalue weighted by Gasteiger charge is -2.05. The lowest BCUT2D eigenvalue weighted by atomic mass is 10.1. The fraction of sp³-hybridized carbons (Fsp3) is 0.200. The van der Waals surface area contributed by atoms with Crippen LogP contribution in [0.4, 0.5) is 4.39 Å². The van der Waals surface area contributed by atoms with E-state index in [2.05, 4.69) is 10.3 Å². The van der Waals surface area contributed by atoms with Gasteiger partial charge < -0.3 is 9.73 Å². The van der Waals surface area contributed by atoms with Gasteiger partial charge in [-0.3, -0.25) is 4.79 Å². The molecule has 0 unspecified atom stereocenters. The second-order valence-electron chi connectivity index (χ2n) is 5.83. The van der Waals surface area contributed by atoms with Gasteiger partial charge in [-0.25, -0.2) is 9.37 Å². The van der Waals surface area contributed by atoms with Crippen molar-refractivity contribution in [2.24, 2.45) is 0 Å². The number of amides is 1. The van der Waals surface area contributed by atoms with Gasteiger partial charge in [-0.2, -0.15) is 0 Å². The molecule has 3 rings (SSSR count).